The summed E-state index contributed by atoms with van der Waals surface area (Å²) in [5.74, 6) is 1.54. The van der Waals surface area contributed by atoms with Crippen LogP contribution in [0.5, 0.6) is 0 Å². The molecule has 4 aliphatic carbocycles. The Balaban J connectivity index is 1.75. The summed E-state index contributed by atoms with van der Waals surface area (Å²) < 4.78 is 0. The van der Waals surface area contributed by atoms with Crippen LogP contribution in [0.3, 0.4) is 0 Å². The van der Waals surface area contributed by atoms with E-state index in [9.17, 15) is 9.90 Å². The van der Waals surface area contributed by atoms with E-state index in [1.165, 1.54) is 12.8 Å². The first-order chi connectivity index (χ1) is 9.56. The Morgan fingerprint density at radius 3 is 2.60 bits per heavy atom. The Labute approximate surface area is 118 Å². The number of carbonyl (C=O) groups excluding carboxylic acids is 1. The molecule has 1 heterocycles. The highest BCUT2D eigenvalue weighted by molar-refractivity contribution is 5.92. The summed E-state index contributed by atoms with van der Waals surface area (Å²) in [5, 5.41) is 10.6. The molecule has 0 radical (unpaired) electrons. The van der Waals surface area contributed by atoms with E-state index >= 15 is 0 Å². The lowest BCUT2D eigenvalue weighted by atomic mass is 9.49. The van der Waals surface area contributed by atoms with E-state index in [4.69, 9.17) is 5.73 Å². The first-order valence-electron chi connectivity index (χ1n) is 7.53. The number of nitrogens with two attached hydrogens (primary N) is 1. The van der Waals surface area contributed by atoms with E-state index in [0.29, 0.717) is 29.4 Å². The molecule has 106 valence electrons. The second-order valence-corrected chi connectivity index (χ2v) is 7.03. The molecule has 1 aromatic heterocycles. The standard InChI is InChI=1S/C16H20N2O2/c17-15(19)14-12(2-1-3-18-14)13-10-4-9-5-11(13)8-16(20,6-9)7-10/h1-3,9-11,13,20H,4-8H2,(H2,17,19). The van der Waals surface area contributed by atoms with Crippen molar-refractivity contribution < 1.29 is 9.90 Å². The molecule has 4 aliphatic rings. The van der Waals surface area contributed by atoms with Crippen molar-refractivity contribution in [1.29, 1.82) is 0 Å². The Morgan fingerprint density at radius 1 is 1.30 bits per heavy atom. The van der Waals surface area contributed by atoms with Gasteiger partial charge < -0.3 is 10.8 Å². The SMILES string of the molecule is NC(=O)c1ncccc1C1C2CC3CC1CC(O)(C3)C2. The van der Waals surface area contributed by atoms with Crippen molar-refractivity contribution in [3.8, 4) is 0 Å². The highest BCUT2D eigenvalue weighted by Crippen LogP contribution is 2.61. The van der Waals surface area contributed by atoms with Crippen LogP contribution in [0.4, 0.5) is 0 Å². The van der Waals surface area contributed by atoms with Crippen LogP contribution in [0, 0.1) is 17.8 Å². The molecule has 0 aromatic carbocycles. The van der Waals surface area contributed by atoms with Crippen LogP contribution in [0.15, 0.2) is 18.3 Å². The molecule has 4 heteroatoms. The highest BCUT2D eigenvalue weighted by Gasteiger charge is 2.55. The lowest BCUT2D eigenvalue weighted by Gasteiger charge is -2.58. The zero-order valence-electron chi connectivity index (χ0n) is 11.5. The van der Waals surface area contributed by atoms with Gasteiger partial charge in [-0.15, -0.1) is 0 Å². The molecule has 4 fully saturated rings. The zero-order chi connectivity index (χ0) is 13.9. The van der Waals surface area contributed by atoms with E-state index in [1.54, 1.807) is 6.20 Å². The van der Waals surface area contributed by atoms with E-state index in [-0.39, 0.29) is 0 Å². The topological polar surface area (TPSA) is 76.2 Å². The summed E-state index contributed by atoms with van der Waals surface area (Å²) in [6.07, 6.45) is 6.71. The van der Waals surface area contributed by atoms with Crippen LogP contribution < -0.4 is 5.73 Å². The van der Waals surface area contributed by atoms with Gasteiger partial charge >= 0.3 is 0 Å². The smallest absolute Gasteiger partial charge is 0.267 e. The highest BCUT2D eigenvalue weighted by atomic mass is 16.3. The van der Waals surface area contributed by atoms with Gasteiger partial charge in [0.25, 0.3) is 5.91 Å². The van der Waals surface area contributed by atoms with E-state index in [1.807, 2.05) is 12.1 Å². The van der Waals surface area contributed by atoms with Crippen LogP contribution in [0.2, 0.25) is 0 Å². The molecule has 2 unspecified atom stereocenters. The molecule has 2 atom stereocenters. The summed E-state index contributed by atoms with van der Waals surface area (Å²) in [4.78, 5) is 15.8. The molecule has 4 nitrogen and oxygen atoms in total. The van der Waals surface area contributed by atoms with Crippen LogP contribution in [-0.4, -0.2) is 21.6 Å². The van der Waals surface area contributed by atoms with Gasteiger partial charge in [0.2, 0.25) is 0 Å². The molecule has 4 saturated carbocycles. The van der Waals surface area contributed by atoms with Gasteiger partial charge in [0.1, 0.15) is 5.69 Å². The number of nitrogens with zero attached hydrogens (tertiary/aromatic N) is 1. The number of aliphatic hydroxyl groups is 1. The monoisotopic (exact) mass is 272 g/mol. The van der Waals surface area contributed by atoms with Crippen LogP contribution >= 0.6 is 0 Å². The molecule has 20 heavy (non-hydrogen) atoms. The molecule has 0 aliphatic heterocycles. The fourth-order valence-corrected chi connectivity index (χ4v) is 5.38. The first-order valence-corrected chi connectivity index (χ1v) is 7.53. The van der Waals surface area contributed by atoms with Crippen molar-refractivity contribution in [2.45, 2.75) is 43.6 Å². The predicted octanol–water partition coefficient (Wildman–Crippen LogP) is 1.84. The minimum atomic E-state index is -0.442. The van der Waals surface area contributed by atoms with Gasteiger partial charge in [0.05, 0.1) is 5.60 Å². The van der Waals surface area contributed by atoms with Gasteiger partial charge in [-0.1, -0.05) is 6.07 Å². The Bertz CT molecular complexity index is 555. The fraction of sp³-hybridized carbons (Fsp3) is 0.625. The molecule has 4 bridgehead atoms. The lowest BCUT2D eigenvalue weighted by molar-refractivity contribution is -0.134. The van der Waals surface area contributed by atoms with Crippen molar-refractivity contribution in [3.63, 3.8) is 0 Å². The summed E-state index contributed by atoms with van der Waals surface area (Å²) in [6, 6.07) is 3.89. The Kier molecular flexibility index (Phi) is 2.49. The lowest BCUT2D eigenvalue weighted by Crippen LogP contribution is -2.53. The normalized spacial score (nSPS) is 41.9. The molecule has 0 spiro atoms. The van der Waals surface area contributed by atoms with Gasteiger partial charge in [0.15, 0.2) is 0 Å². The number of aromatic nitrogens is 1. The molecule has 0 saturated heterocycles. The summed E-state index contributed by atoms with van der Waals surface area (Å²) in [5.41, 5.74) is 6.48. The van der Waals surface area contributed by atoms with Crippen LogP contribution in [0.1, 0.15) is 54.1 Å². The molecule has 3 N–H and O–H groups in total. The minimum Gasteiger partial charge on any atom is -0.390 e. The van der Waals surface area contributed by atoms with Crippen molar-refractivity contribution in [3.05, 3.63) is 29.6 Å². The largest absolute Gasteiger partial charge is 0.390 e. The molecular weight excluding hydrogens is 252 g/mol. The zero-order valence-corrected chi connectivity index (χ0v) is 11.5. The number of rotatable bonds is 2. The number of amides is 1. The number of hydrogen-bond acceptors (Lipinski definition) is 3. The predicted molar refractivity (Wildman–Crippen MR) is 74.0 cm³/mol. The third-order valence-electron chi connectivity index (χ3n) is 5.67. The maximum atomic E-state index is 11.6. The van der Waals surface area contributed by atoms with Crippen molar-refractivity contribution in [1.82, 2.24) is 4.98 Å². The van der Waals surface area contributed by atoms with E-state index in [2.05, 4.69) is 4.98 Å². The summed E-state index contributed by atoms with van der Waals surface area (Å²) in [7, 11) is 0. The maximum absolute atomic E-state index is 11.6. The third kappa shape index (κ3) is 1.71. The molecule has 1 amide bonds. The van der Waals surface area contributed by atoms with Gasteiger partial charge in [-0.05, 0) is 67.4 Å². The Morgan fingerprint density at radius 2 is 2.00 bits per heavy atom. The number of primary amides is 1. The molecule has 5 rings (SSSR count). The van der Waals surface area contributed by atoms with Crippen molar-refractivity contribution >= 4 is 5.91 Å². The van der Waals surface area contributed by atoms with Gasteiger partial charge in [-0.2, -0.15) is 0 Å². The maximum Gasteiger partial charge on any atom is 0.267 e. The van der Waals surface area contributed by atoms with Crippen LogP contribution in [0.25, 0.3) is 0 Å². The number of hydrogen-bond donors (Lipinski definition) is 2. The number of carbonyl (C=O) groups is 1. The van der Waals surface area contributed by atoms with Crippen molar-refractivity contribution in [2.75, 3.05) is 0 Å². The minimum absolute atomic E-state index is 0.350. The Hall–Kier alpha value is -1.42. The summed E-state index contributed by atoms with van der Waals surface area (Å²) >= 11 is 0. The van der Waals surface area contributed by atoms with Gasteiger partial charge in [-0.3, -0.25) is 9.78 Å². The summed E-state index contributed by atoms with van der Waals surface area (Å²) in [6.45, 7) is 0. The van der Waals surface area contributed by atoms with Crippen LogP contribution in [-0.2, 0) is 0 Å². The average molecular weight is 272 g/mol. The fourth-order valence-electron chi connectivity index (χ4n) is 5.38. The van der Waals surface area contributed by atoms with E-state index < -0.39 is 11.5 Å². The molecule has 1 aromatic rings. The van der Waals surface area contributed by atoms with E-state index in [0.717, 1.165) is 24.8 Å². The second kappa shape index (κ2) is 4.04. The third-order valence-corrected chi connectivity index (χ3v) is 5.67. The van der Waals surface area contributed by atoms with Crippen molar-refractivity contribution in [2.24, 2.45) is 23.5 Å². The first kappa shape index (κ1) is 12.3. The second-order valence-electron chi connectivity index (χ2n) is 7.03. The number of pyridine rings is 1. The molecular formula is C16H20N2O2. The quantitative estimate of drug-likeness (QED) is 0.862. The van der Waals surface area contributed by atoms with Gasteiger partial charge in [-0.25, -0.2) is 0 Å². The average Bonchev–Trinajstić information content (AvgIpc) is 2.36. The van der Waals surface area contributed by atoms with Gasteiger partial charge in [0, 0.05) is 6.20 Å².